The van der Waals surface area contributed by atoms with E-state index in [1.54, 1.807) is 24.3 Å². The Kier molecular flexibility index (Phi) is 6.41. The van der Waals surface area contributed by atoms with Crippen molar-refractivity contribution in [2.24, 2.45) is 0 Å². The highest BCUT2D eigenvalue weighted by atomic mass is 79.9. The van der Waals surface area contributed by atoms with Gasteiger partial charge in [0.05, 0.1) is 4.47 Å². The van der Waals surface area contributed by atoms with E-state index in [9.17, 15) is 4.79 Å². The predicted molar refractivity (Wildman–Crippen MR) is 92.8 cm³/mol. The first-order valence-corrected chi connectivity index (χ1v) is 7.84. The largest absolute Gasteiger partial charge is 0.490 e. The zero-order chi connectivity index (χ0) is 17.4. The van der Waals surface area contributed by atoms with Crippen molar-refractivity contribution in [1.82, 2.24) is 0 Å². The molecule has 1 N–H and O–H groups in total. The minimum absolute atomic E-state index is 0.327. The normalized spacial score (nSPS) is 10.8. The summed E-state index contributed by atoms with van der Waals surface area (Å²) in [6.07, 6.45) is 1.30. The fourth-order valence-corrected chi connectivity index (χ4v) is 2.37. The molecule has 0 aliphatic heterocycles. The second kappa shape index (κ2) is 8.75. The van der Waals surface area contributed by atoms with Crippen molar-refractivity contribution in [3.63, 3.8) is 0 Å². The maximum Gasteiger partial charge on any atom is 0.346 e. The molecule has 0 aliphatic rings. The van der Waals surface area contributed by atoms with Gasteiger partial charge in [-0.2, -0.15) is 5.26 Å². The van der Waals surface area contributed by atoms with Crippen LogP contribution in [0.2, 0.25) is 0 Å². The van der Waals surface area contributed by atoms with Gasteiger partial charge >= 0.3 is 5.97 Å². The molecule has 0 unspecified atom stereocenters. The Morgan fingerprint density at radius 3 is 2.50 bits per heavy atom. The molecule has 0 atom stereocenters. The number of benzene rings is 2. The third kappa shape index (κ3) is 5.14. The Morgan fingerprint density at radius 1 is 1.17 bits per heavy atom. The van der Waals surface area contributed by atoms with Crippen LogP contribution in [0.3, 0.4) is 0 Å². The second-order valence-corrected chi connectivity index (χ2v) is 5.53. The minimum Gasteiger partial charge on any atom is -0.490 e. The molecule has 5 nitrogen and oxygen atoms in total. The summed E-state index contributed by atoms with van der Waals surface area (Å²) in [5.74, 6) is 0.128. The number of para-hydroxylation sites is 1. The smallest absolute Gasteiger partial charge is 0.346 e. The van der Waals surface area contributed by atoms with E-state index in [4.69, 9.17) is 19.8 Å². The van der Waals surface area contributed by atoms with Crippen LogP contribution in [0, 0.1) is 11.3 Å². The first-order chi connectivity index (χ1) is 11.6. The van der Waals surface area contributed by atoms with Gasteiger partial charge < -0.3 is 14.6 Å². The summed E-state index contributed by atoms with van der Waals surface area (Å²) in [5, 5.41) is 17.6. The molecule has 6 heteroatoms. The number of nitrogens with zero attached hydrogens (tertiary/aromatic N) is 1. The molecule has 0 bridgehead atoms. The second-order valence-electron chi connectivity index (χ2n) is 4.67. The van der Waals surface area contributed by atoms with E-state index in [1.807, 2.05) is 30.3 Å². The lowest BCUT2D eigenvalue weighted by molar-refractivity contribution is -0.132. The standard InChI is InChI=1S/C18H14BrNO4/c19-16-11-13(10-14(12-20)18(21)22)6-7-17(16)24-9-8-23-15-4-2-1-3-5-15/h1-7,10-11H,8-9H2,(H,21,22). The van der Waals surface area contributed by atoms with Crippen LogP contribution in [-0.4, -0.2) is 24.3 Å². The van der Waals surface area contributed by atoms with Crippen LogP contribution < -0.4 is 9.47 Å². The van der Waals surface area contributed by atoms with Gasteiger partial charge in [0, 0.05) is 0 Å². The van der Waals surface area contributed by atoms with Crippen molar-refractivity contribution in [3.05, 3.63) is 64.1 Å². The summed E-state index contributed by atoms with van der Waals surface area (Å²) in [6, 6.07) is 16.1. The summed E-state index contributed by atoms with van der Waals surface area (Å²) in [7, 11) is 0. The molecule has 2 aromatic carbocycles. The highest BCUT2D eigenvalue weighted by Gasteiger charge is 2.07. The molecule has 0 aromatic heterocycles. The van der Waals surface area contributed by atoms with Crippen LogP contribution in [-0.2, 0) is 4.79 Å². The number of carboxylic acid groups (broad SMARTS) is 1. The van der Waals surface area contributed by atoms with Gasteiger partial charge in [0.1, 0.15) is 36.4 Å². The molecule has 2 aromatic rings. The van der Waals surface area contributed by atoms with E-state index in [-0.39, 0.29) is 5.57 Å². The average Bonchev–Trinajstić information content (AvgIpc) is 2.58. The van der Waals surface area contributed by atoms with Gasteiger partial charge in [0.2, 0.25) is 0 Å². The molecule has 0 aliphatic carbocycles. The zero-order valence-corrected chi connectivity index (χ0v) is 14.2. The summed E-state index contributed by atoms with van der Waals surface area (Å²) in [4.78, 5) is 10.8. The molecule has 122 valence electrons. The molecule has 0 saturated carbocycles. The summed E-state index contributed by atoms with van der Waals surface area (Å²) in [5.41, 5.74) is 0.264. The fourth-order valence-electron chi connectivity index (χ4n) is 1.86. The van der Waals surface area contributed by atoms with E-state index >= 15 is 0 Å². The van der Waals surface area contributed by atoms with E-state index in [2.05, 4.69) is 15.9 Å². The molecular weight excluding hydrogens is 374 g/mol. The third-order valence-corrected chi connectivity index (χ3v) is 3.59. The highest BCUT2D eigenvalue weighted by Crippen LogP contribution is 2.27. The first kappa shape index (κ1) is 17.6. The predicted octanol–water partition coefficient (Wildman–Crippen LogP) is 3.90. The zero-order valence-electron chi connectivity index (χ0n) is 12.6. The van der Waals surface area contributed by atoms with Crippen molar-refractivity contribution in [3.8, 4) is 17.6 Å². The van der Waals surface area contributed by atoms with Gasteiger partial charge in [-0.25, -0.2) is 4.79 Å². The van der Waals surface area contributed by atoms with Crippen LogP contribution in [0.1, 0.15) is 5.56 Å². The summed E-state index contributed by atoms with van der Waals surface area (Å²) in [6.45, 7) is 0.761. The van der Waals surface area contributed by atoms with E-state index in [0.29, 0.717) is 29.0 Å². The first-order valence-electron chi connectivity index (χ1n) is 7.05. The number of hydrogen-bond acceptors (Lipinski definition) is 4. The van der Waals surface area contributed by atoms with Gasteiger partial charge in [0.25, 0.3) is 0 Å². The van der Waals surface area contributed by atoms with Crippen molar-refractivity contribution in [2.45, 2.75) is 0 Å². The molecule has 0 saturated heterocycles. The number of carboxylic acids is 1. The summed E-state index contributed by atoms with van der Waals surface area (Å²) >= 11 is 3.37. The third-order valence-electron chi connectivity index (χ3n) is 2.97. The SMILES string of the molecule is N#CC(=Cc1ccc(OCCOc2ccccc2)c(Br)c1)C(=O)O. The van der Waals surface area contributed by atoms with Crippen molar-refractivity contribution < 1.29 is 19.4 Å². The molecular formula is C18H14BrNO4. The van der Waals surface area contributed by atoms with Crippen molar-refractivity contribution in [1.29, 1.82) is 5.26 Å². The lowest BCUT2D eigenvalue weighted by Gasteiger charge is -2.10. The monoisotopic (exact) mass is 387 g/mol. The molecule has 2 rings (SSSR count). The van der Waals surface area contributed by atoms with Crippen LogP contribution >= 0.6 is 15.9 Å². The Hall–Kier alpha value is -2.78. The topological polar surface area (TPSA) is 79.5 Å². The van der Waals surface area contributed by atoms with Crippen LogP contribution in [0.5, 0.6) is 11.5 Å². The number of nitriles is 1. The van der Waals surface area contributed by atoms with E-state index < -0.39 is 5.97 Å². The number of ether oxygens (including phenoxy) is 2. The number of carbonyl (C=O) groups is 1. The van der Waals surface area contributed by atoms with Gasteiger partial charge in [-0.1, -0.05) is 24.3 Å². The van der Waals surface area contributed by atoms with Crippen LogP contribution in [0.4, 0.5) is 0 Å². The highest BCUT2D eigenvalue weighted by molar-refractivity contribution is 9.10. The lowest BCUT2D eigenvalue weighted by atomic mass is 10.1. The molecule has 24 heavy (non-hydrogen) atoms. The van der Waals surface area contributed by atoms with Gasteiger partial charge in [-0.05, 0) is 51.8 Å². The maximum atomic E-state index is 10.8. The molecule has 0 fully saturated rings. The number of hydrogen-bond donors (Lipinski definition) is 1. The number of halogens is 1. The minimum atomic E-state index is -1.26. The van der Waals surface area contributed by atoms with Crippen LogP contribution in [0.15, 0.2) is 58.6 Å². The molecule has 0 amide bonds. The van der Waals surface area contributed by atoms with Gasteiger partial charge in [-0.3, -0.25) is 0 Å². The van der Waals surface area contributed by atoms with E-state index in [0.717, 1.165) is 5.75 Å². The van der Waals surface area contributed by atoms with Crippen molar-refractivity contribution in [2.75, 3.05) is 13.2 Å². The van der Waals surface area contributed by atoms with Gasteiger partial charge in [-0.15, -0.1) is 0 Å². The number of aliphatic carboxylic acids is 1. The maximum absolute atomic E-state index is 10.8. The molecule has 0 radical (unpaired) electrons. The fraction of sp³-hybridized carbons (Fsp3) is 0.111. The number of rotatable bonds is 7. The van der Waals surface area contributed by atoms with Gasteiger partial charge in [0.15, 0.2) is 0 Å². The average molecular weight is 388 g/mol. The van der Waals surface area contributed by atoms with Crippen molar-refractivity contribution >= 4 is 28.0 Å². The molecule has 0 spiro atoms. The Morgan fingerprint density at radius 2 is 1.88 bits per heavy atom. The van der Waals surface area contributed by atoms with Crippen LogP contribution in [0.25, 0.3) is 6.08 Å². The lowest BCUT2D eigenvalue weighted by Crippen LogP contribution is -2.09. The van der Waals surface area contributed by atoms with E-state index in [1.165, 1.54) is 6.08 Å². The quantitative estimate of drug-likeness (QED) is 0.442. The Labute approximate surface area is 147 Å². The Balaban J connectivity index is 1.93. The molecule has 0 heterocycles. The Bertz CT molecular complexity index is 781. The summed E-state index contributed by atoms with van der Waals surface area (Å²) < 4.78 is 11.8.